The van der Waals surface area contributed by atoms with E-state index in [4.69, 9.17) is 15.2 Å². The molecule has 0 aromatic heterocycles. The van der Waals surface area contributed by atoms with Gasteiger partial charge in [-0.25, -0.2) is 0 Å². The molecule has 0 aliphatic heterocycles. The number of hydrogen-bond donors (Lipinski definition) is 1. The highest BCUT2D eigenvalue weighted by atomic mass is 79.9. The molecule has 0 bridgehead atoms. The number of aryl methyl sites for hydroxylation is 1. The molecule has 110 valence electrons. The molecule has 0 heterocycles. The van der Waals surface area contributed by atoms with Crippen molar-refractivity contribution in [3.8, 4) is 11.5 Å². The molecule has 0 aliphatic rings. The molecule has 0 fully saturated rings. The smallest absolute Gasteiger partial charge is 0.196 e. The van der Waals surface area contributed by atoms with Crippen molar-refractivity contribution in [3.63, 3.8) is 0 Å². The average Bonchev–Trinajstić information content (AvgIpc) is 2.45. The zero-order chi connectivity index (χ0) is 15.6. The minimum atomic E-state index is -0.159. The molecule has 4 nitrogen and oxygen atoms in total. The van der Waals surface area contributed by atoms with Gasteiger partial charge in [0.05, 0.1) is 24.3 Å². The number of ether oxygens (including phenoxy) is 2. The van der Waals surface area contributed by atoms with Crippen molar-refractivity contribution in [2.24, 2.45) is 0 Å². The summed E-state index contributed by atoms with van der Waals surface area (Å²) >= 11 is 3.37. The van der Waals surface area contributed by atoms with Crippen molar-refractivity contribution < 1.29 is 14.3 Å². The third kappa shape index (κ3) is 3.19. The van der Waals surface area contributed by atoms with Crippen molar-refractivity contribution in [2.75, 3.05) is 20.0 Å². The summed E-state index contributed by atoms with van der Waals surface area (Å²) in [4.78, 5) is 12.7. The van der Waals surface area contributed by atoms with E-state index in [1.807, 2.05) is 13.0 Å². The van der Waals surface area contributed by atoms with Crippen LogP contribution in [0.15, 0.2) is 34.8 Å². The van der Waals surface area contributed by atoms with Gasteiger partial charge in [-0.2, -0.15) is 0 Å². The maximum atomic E-state index is 12.7. The van der Waals surface area contributed by atoms with Gasteiger partial charge in [-0.05, 0) is 58.7 Å². The standard InChI is InChI=1S/C16H16BrNO3/c1-9-4-10(6-11(18)5-9)16(19)12-7-15(21-3)13(17)8-14(12)20-2/h4-8H,18H2,1-3H3. The summed E-state index contributed by atoms with van der Waals surface area (Å²) in [7, 11) is 3.07. The van der Waals surface area contributed by atoms with Crippen LogP contribution in [-0.2, 0) is 0 Å². The molecule has 0 saturated heterocycles. The molecule has 2 aromatic rings. The normalized spacial score (nSPS) is 10.3. The Morgan fingerprint density at radius 2 is 1.71 bits per heavy atom. The van der Waals surface area contributed by atoms with E-state index in [0.29, 0.717) is 28.3 Å². The Bertz CT molecular complexity index is 678. The predicted molar refractivity (Wildman–Crippen MR) is 86.3 cm³/mol. The van der Waals surface area contributed by atoms with E-state index in [1.165, 1.54) is 7.11 Å². The Kier molecular flexibility index (Phi) is 4.53. The number of nitrogen functional groups attached to an aromatic ring is 1. The zero-order valence-electron chi connectivity index (χ0n) is 12.1. The fourth-order valence-electron chi connectivity index (χ4n) is 2.14. The first-order valence-electron chi connectivity index (χ1n) is 6.29. The van der Waals surface area contributed by atoms with Crippen LogP contribution in [-0.4, -0.2) is 20.0 Å². The summed E-state index contributed by atoms with van der Waals surface area (Å²) in [5.41, 5.74) is 8.26. The lowest BCUT2D eigenvalue weighted by atomic mass is 10.00. The lowest BCUT2D eigenvalue weighted by Crippen LogP contribution is -2.06. The lowest BCUT2D eigenvalue weighted by molar-refractivity contribution is 0.103. The number of hydrogen-bond acceptors (Lipinski definition) is 4. The van der Waals surface area contributed by atoms with Gasteiger partial charge in [0.25, 0.3) is 0 Å². The van der Waals surface area contributed by atoms with Crippen molar-refractivity contribution in [1.82, 2.24) is 0 Å². The maximum Gasteiger partial charge on any atom is 0.196 e. The number of ketones is 1. The third-order valence-electron chi connectivity index (χ3n) is 3.08. The summed E-state index contributed by atoms with van der Waals surface area (Å²) in [5.74, 6) is 0.889. The van der Waals surface area contributed by atoms with E-state index in [2.05, 4.69) is 15.9 Å². The summed E-state index contributed by atoms with van der Waals surface area (Å²) < 4.78 is 11.3. The van der Waals surface area contributed by atoms with Crippen LogP contribution in [0.1, 0.15) is 21.5 Å². The van der Waals surface area contributed by atoms with Crippen molar-refractivity contribution >= 4 is 27.4 Å². The third-order valence-corrected chi connectivity index (χ3v) is 3.70. The second-order valence-electron chi connectivity index (χ2n) is 4.65. The molecule has 0 saturated carbocycles. The molecule has 0 amide bonds. The van der Waals surface area contributed by atoms with Crippen LogP contribution in [0.3, 0.4) is 0 Å². The van der Waals surface area contributed by atoms with Gasteiger partial charge in [0, 0.05) is 11.3 Å². The first kappa shape index (κ1) is 15.4. The largest absolute Gasteiger partial charge is 0.496 e. The molecule has 0 aliphatic carbocycles. The minimum absolute atomic E-state index is 0.159. The second-order valence-corrected chi connectivity index (χ2v) is 5.50. The van der Waals surface area contributed by atoms with E-state index in [0.717, 1.165) is 10.0 Å². The van der Waals surface area contributed by atoms with Crippen LogP contribution < -0.4 is 15.2 Å². The van der Waals surface area contributed by atoms with E-state index in [1.54, 1.807) is 31.4 Å². The Morgan fingerprint density at radius 1 is 1.05 bits per heavy atom. The topological polar surface area (TPSA) is 61.5 Å². The Morgan fingerprint density at radius 3 is 2.29 bits per heavy atom. The molecular formula is C16H16BrNO3. The van der Waals surface area contributed by atoms with Crippen molar-refractivity contribution in [3.05, 3.63) is 51.5 Å². The molecule has 5 heteroatoms. The number of benzene rings is 2. The second kappa shape index (κ2) is 6.18. The van der Waals surface area contributed by atoms with Gasteiger partial charge in [-0.3, -0.25) is 4.79 Å². The quantitative estimate of drug-likeness (QED) is 0.676. The van der Waals surface area contributed by atoms with Crippen LogP contribution in [0, 0.1) is 6.92 Å². The van der Waals surface area contributed by atoms with Crippen LogP contribution >= 0.6 is 15.9 Å². The van der Waals surface area contributed by atoms with Crippen LogP contribution in [0.2, 0.25) is 0 Å². The summed E-state index contributed by atoms with van der Waals surface area (Å²) in [6.45, 7) is 1.90. The number of carbonyl (C=O) groups is 1. The fourth-order valence-corrected chi connectivity index (χ4v) is 2.62. The predicted octanol–water partition coefficient (Wildman–Crippen LogP) is 3.59. The van der Waals surface area contributed by atoms with Crippen LogP contribution in [0.5, 0.6) is 11.5 Å². The van der Waals surface area contributed by atoms with Gasteiger partial charge >= 0.3 is 0 Å². The highest BCUT2D eigenvalue weighted by Crippen LogP contribution is 2.34. The first-order valence-corrected chi connectivity index (χ1v) is 7.09. The van der Waals surface area contributed by atoms with Gasteiger partial charge in [-0.15, -0.1) is 0 Å². The molecule has 0 radical (unpaired) electrons. The lowest BCUT2D eigenvalue weighted by Gasteiger charge is -2.12. The number of rotatable bonds is 4. The Balaban J connectivity index is 2.56. The molecule has 21 heavy (non-hydrogen) atoms. The minimum Gasteiger partial charge on any atom is -0.496 e. The highest BCUT2D eigenvalue weighted by molar-refractivity contribution is 9.10. The number of nitrogens with two attached hydrogens (primary N) is 1. The van der Waals surface area contributed by atoms with Crippen LogP contribution in [0.25, 0.3) is 0 Å². The Hall–Kier alpha value is -2.01. The number of carbonyl (C=O) groups excluding carboxylic acids is 1. The SMILES string of the molecule is COc1cc(C(=O)c2cc(C)cc(N)c2)c(OC)cc1Br. The maximum absolute atomic E-state index is 12.7. The van der Waals surface area contributed by atoms with Crippen molar-refractivity contribution in [2.45, 2.75) is 6.92 Å². The molecule has 2 rings (SSSR count). The number of anilines is 1. The Labute approximate surface area is 132 Å². The molecular weight excluding hydrogens is 334 g/mol. The van der Waals surface area contributed by atoms with Gasteiger partial charge in [-0.1, -0.05) is 0 Å². The fraction of sp³-hybridized carbons (Fsp3) is 0.188. The van der Waals surface area contributed by atoms with Gasteiger partial charge in [0.2, 0.25) is 0 Å². The molecule has 2 N–H and O–H groups in total. The van der Waals surface area contributed by atoms with Crippen LogP contribution in [0.4, 0.5) is 5.69 Å². The molecule has 0 atom stereocenters. The molecule has 0 unspecified atom stereocenters. The first-order chi connectivity index (χ1) is 9.96. The van der Waals surface area contributed by atoms with Gasteiger partial charge in [0.1, 0.15) is 11.5 Å². The molecule has 0 spiro atoms. The zero-order valence-corrected chi connectivity index (χ0v) is 13.7. The highest BCUT2D eigenvalue weighted by Gasteiger charge is 2.18. The summed E-state index contributed by atoms with van der Waals surface area (Å²) in [6.07, 6.45) is 0. The van der Waals surface area contributed by atoms with Gasteiger partial charge < -0.3 is 15.2 Å². The van der Waals surface area contributed by atoms with E-state index < -0.39 is 0 Å². The van der Waals surface area contributed by atoms with Crippen molar-refractivity contribution in [1.29, 1.82) is 0 Å². The average molecular weight is 350 g/mol. The van der Waals surface area contributed by atoms with E-state index in [-0.39, 0.29) is 5.78 Å². The van der Waals surface area contributed by atoms with E-state index >= 15 is 0 Å². The number of halogens is 1. The number of methoxy groups -OCH3 is 2. The summed E-state index contributed by atoms with van der Waals surface area (Å²) in [5, 5.41) is 0. The van der Waals surface area contributed by atoms with E-state index in [9.17, 15) is 4.79 Å². The van der Waals surface area contributed by atoms with Gasteiger partial charge in [0.15, 0.2) is 5.78 Å². The molecule has 2 aromatic carbocycles. The monoisotopic (exact) mass is 349 g/mol. The summed E-state index contributed by atoms with van der Waals surface area (Å²) in [6, 6.07) is 8.64.